The zero-order valence-corrected chi connectivity index (χ0v) is 37.6. The molecule has 1 heterocycles. The van der Waals surface area contributed by atoms with Gasteiger partial charge in [-0.15, -0.1) is 0 Å². The third-order valence-corrected chi connectivity index (χ3v) is 10.0. The fraction of sp³-hybridized carbons (Fsp3) is 0.596. The Hall–Kier alpha value is -3.41. The molecular formula is C52H83NO8. The summed E-state index contributed by atoms with van der Waals surface area (Å²) in [6.07, 6.45) is 54.5. The number of rotatable bonds is 36. The number of carbonyl (C=O) groups excluding carboxylic acids is 1. The molecule has 1 fully saturated rings. The number of amides is 1. The third kappa shape index (κ3) is 31.1. The van der Waals surface area contributed by atoms with Crippen molar-refractivity contribution >= 4 is 5.91 Å². The Morgan fingerprint density at radius 2 is 1.02 bits per heavy atom. The number of aliphatic hydroxyl groups excluding tert-OH is 5. The van der Waals surface area contributed by atoms with E-state index < -0.39 is 49.5 Å². The average Bonchev–Trinajstić information content (AvgIpc) is 3.26. The smallest absolute Gasteiger partial charge is 0.220 e. The van der Waals surface area contributed by atoms with E-state index in [4.69, 9.17) is 9.47 Å². The maximum atomic E-state index is 12.8. The van der Waals surface area contributed by atoms with Crippen molar-refractivity contribution < 1.29 is 39.8 Å². The molecular weight excluding hydrogens is 767 g/mol. The maximum Gasteiger partial charge on any atom is 0.220 e. The van der Waals surface area contributed by atoms with Crippen LogP contribution in [0.25, 0.3) is 0 Å². The highest BCUT2D eigenvalue weighted by atomic mass is 16.7. The van der Waals surface area contributed by atoms with Crippen molar-refractivity contribution in [1.82, 2.24) is 5.32 Å². The Morgan fingerprint density at radius 1 is 0.574 bits per heavy atom. The second-order valence-electron chi connectivity index (χ2n) is 15.5. The van der Waals surface area contributed by atoms with E-state index in [1.807, 2.05) is 6.08 Å². The Kier molecular flexibility index (Phi) is 37.1. The van der Waals surface area contributed by atoms with Gasteiger partial charge in [0.2, 0.25) is 5.91 Å². The zero-order valence-electron chi connectivity index (χ0n) is 37.6. The number of hydrogen-bond donors (Lipinski definition) is 6. The Labute approximate surface area is 369 Å². The minimum absolute atomic E-state index is 0.207. The van der Waals surface area contributed by atoms with Crippen molar-refractivity contribution in [3.05, 3.63) is 122 Å². The quantitative estimate of drug-likeness (QED) is 0.0270. The summed E-state index contributed by atoms with van der Waals surface area (Å²) in [4.78, 5) is 12.8. The standard InChI is InChI=1S/C52H83NO8/c1-3-5-7-9-10-11-12-13-14-15-16-17-18-19-20-21-22-23-24-25-26-27-28-29-30-31-32-33-34-35-36-38-40-42-48(56)53-45(46(55)41-39-37-8-6-4-2)44-60-52-51(59)50(58)49(57)47(43-54)61-52/h5,7,10-11,13-14,16-17,19-20,22-23,25-26,28-29,31-32,39,41,45-47,49-52,54-55,57-59H,3-4,6,8-9,12,15,18,21,24,27,30,33-38,40,42-44H2,1-2H3,(H,53,56)/b7-5-,11-10-,14-13-,17-16-,20-19-,23-22-,26-25-,29-28-,32-31-,41-39+. The first kappa shape index (κ1) is 55.6. The van der Waals surface area contributed by atoms with E-state index in [1.54, 1.807) is 6.08 Å². The van der Waals surface area contributed by atoms with Crippen LogP contribution in [0.2, 0.25) is 0 Å². The summed E-state index contributed by atoms with van der Waals surface area (Å²) in [7, 11) is 0. The monoisotopic (exact) mass is 850 g/mol. The molecule has 1 rings (SSSR count). The van der Waals surface area contributed by atoms with Crippen LogP contribution in [0.4, 0.5) is 0 Å². The number of unbranched alkanes of at least 4 members (excludes halogenated alkanes) is 8. The lowest BCUT2D eigenvalue weighted by molar-refractivity contribution is -0.302. The molecule has 0 aromatic heterocycles. The molecule has 7 unspecified atom stereocenters. The number of ether oxygens (including phenoxy) is 2. The molecule has 0 bridgehead atoms. The molecule has 7 atom stereocenters. The van der Waals surface area contributed by atoms with Crippen LogP contribution in [-0.4, -0.2) is 87.5 Å². The molecule has 1 aliphatic heterocycles. The van der Waals surface area contributed by atoms with E-state index in [1.165, 1.54) is 0 Å². The lowest BCUT2D eigenvalue weighted by Crippen LogP contribution is -2.60. The predicted octanol–water partition coefficient (Wildman–Crippen LogP) is 10.1. The van der Waals surface area contributed by atoms with Crippen molar-refractivity contribution in [1.29, 1.82) is 0 Å². The minimum Gasteiger partial charge on any atom is -0.394 e. The summed E-state index contributed by atoms with van der Waals surface area (Å²) >= 11 is 0. The highest BCUT2D eigenvalue weighted by Crippen LogP contribution is 2.22. The van der Waals surface area contributed by atoms with E-state index in [2.05, 4.69) is 129 Å². The van der Waals surface area contributed by atoms with Gasteiger partial charge in [0.15, 0.2) is 6.29 Å². The largest absolute Gasteiger partial charge is 0.394 e. The van der Waals surface area contributed by atoms with Crippen LogP contribution in [0, 0.1) is 0 Å². The highest BCUT2D eigenvalue weighted by Gasteiger charge is 2.44. The third-order valence-electron chi connectivity index (χ3n) is 10.0. The predicted molar refractivity (Wildman–Crippen MR) is 253 cm³/mol. The van der Waals surface area contributed by atoms with Crippen molar-refractivity contribution in [2.24, 2.45) is 0 Å². The van der Waals surface area contributed by atoms with Crippen LogP contribution < -0.4 is 5.32 Å². The van der Waals surface area contributed by atoms with Crippen molar-refractivity contribution in [3.8, 4) is 0 Å². The van der Waals surface area contributed by atoms with Gasteiger partial charge >= 0.3 is 0 Å². The summed E-state index contributed by atoms with van der Waals surface area (Å²) in [5.41, 5.74) is 0. The molecule has 6 N–H and O–H groups in total. The fourth-order valence-corrected chi connectivity index (χ4v) is 6.32. The van der Waals surface area contributed by atoms with Crippen LogP contribution in [-0.2, 0) is 14.3 Å². The first-order valence-corrected chi connectivity index (χ1v) is 23.3. The van der Waals surface area contributed by atoms with Gasteiger partial charge in [0.25, 0.3) is 0 Å². The van der Waals surface area contributed by atoms with E-state index >= 15 is 0 Å². The summed E-state index contributed by atoms with van der Waals surface area (Å²) < 4.78 is 11.1. The number of allylic oxidation sites excluding steroid dienone is 19. The number of carbonyl (C=O) groups is 1. The van der Waals surface area contributed by atoms with Gasteiger partial charge in [-0.25, -0.2) is 0 Å². The summed E-state index contributed by atoms with van der Waals surface area (Å²) in [5, 5.41) is 53.7. The Bertz CT molecular complexity index is 1360. The van der Waals surface area contributed by atoms with Gasteiger partial charge in [0, 0.05) is 6.42 Å². The summed E-state index contributed by atoms with van der Waals surface area (Å²) in [6, 6.07) is -0.820. The molecule has 61 heavy (non-hydrogen) atoms. The van der Waals surface area contributed by atoms with Gasteiger partial charge in [0.05, 0.1) is 25.4 Å². The molecule has 0 saturated carbocycles. The molecule has 9 heteroatoms. The summed E-state index contributed by atoms with van der Waals surface area (Å²) in [5.74, 6) is -0.211. The molecule has 1 aliphatic rings. The van der Waals surface area contributed by atoms with Gasteiger partial charge < -0.3 is 40.3 Å². The van der Waals surface area contributed by atoms with Crippen LogP contribution in [0.5, 0.6) is 0 Å². The molecule has 0 aromatic rings. The lowest BCUT2D eigenvalue weighted by Gasteiger charge is -2.40. The van der Waals surface area contributed by atoms with Crippen molar-refractivity contribution in [2.75, 3.05) is 13.2 Å². The molecule has 9 nitrogen and oxygen atoms in total. The lowest BCUT2D eigenvalue weighted by atomic mass is 9.99. The van der Waals surface area contributed by atoms with Crippen LogP contribution in [0.3, 0.4) is 0 Å². The maximum absolute atomic E-state index is 12.8. The van der Waals surface area contributed by atoms with E-state index in [9.17, 15) is 30.3 Å². The van der Waals surface area contributed by atoms with Crippen molar-refractivity contribution in [2.45, 2.75) is 185 Å². The number of nitrogens with one attached hydrogen (secondary N) is 1. The van der Waals surface area contributed by atoms with Gasteiger partial charge in [0.1, 0.15) is 24.4 Å². The second kappa shape index (κ2) is 40.6. The van der Waals surface area contributed by atoms with Crippen molar-refractivity contribution in [3.63, 3.8) is 0 Å². The highest BCUT2D eigenvalue weighted by molar-refractivity contribution is 5.76. The van der Waals surface area contributed by atoms with E-state index in [0.717, 1.165) is 122 Å². The Morgan fingerprint density at radius 3 is 1.51 bits per heavy atom. The Balaban J connectivity index is 2.16. The van der Waals surface area contributed by atoms with Crippen LogP contribution in [0.1, 0.15) is 142 Å². The first-order valence-electron chi connectivity index (χ1n) is 23.3. The van der Waals surface area contributed by atoms with E-state index in [0.29, 0.717) is 6.42 Å². The first-order chi connectivity index (χ1) is 29.8. The van der Waals surface area contributed by atoms with Gasteiger partial charge in [-0.1, -0.05) is 167 Å². The fourth-order valence-electron chi connectivity index (χ4n) is 6.32. The summed E-state index contributed by atoms with van der Waals surface area (Å²) in [6.45, 7) is 3.49. The van der Waals surface area contributed by atoms with Crippen LogP contribution in [0.15, 0.2) is 122 Å². The SMILES string of the molecule is CC/C=C\C/C=C\C/C=C\C/C=C\C/C=C\C/C=C\C/C=C\C/C=C\C/C=C\CCCCCCCC(=O)NC(COC1OC(CO)C(O)C(O)C1O)C(O)/C=C/CCCCC. The molecule has 0 aromatic carbocycles. The zero-order chi connectivity index (χ0) is 44.4. The van der Waals surface area contributed by atoms with Gasteiger partial charge in [-0.05, 0) is 89.9 Å². The second-order valence-corrected chi connectivity index (χ2v) is 15.5. The molecule has 1 saturated heterocycles. The topological polar surface area (TPSA) is 149 Å². The van der Waals surface area contributed by atoms with Gasteiger partial charge in [-0.2, -0.15) is 0 Å². The molecule has 344 valence electrons. The average molecular weight is 850 g/mol. The van der Waals surface area contributed by atoms with Crippen LogP contribution >= 0.6 is 0 Å². The minimum atomic E-state index is -1.57. The molecule has 0 radical (unpaired) electrons. The number of hydrogen-bond acceptors (Lipinski definition) is 8. The molecule has 0 aliphatic carbocycles. The number of aliphatic hydroxyl groups is 5. The van der Waals surface area contributed by atoms with E-state index in [-0.39, 0.29) is 12.5 Å². The molecule has 1 amide bonds. The normalized spacial score (nSPS) is 21.6. The molecule has 0 spiro atoms. The van der Waals surface area contributed by atoms with Gasteiger partial charge in [-0.3, -0.25) is 4.79 Å².